The van der Waals surface area contributed by atoms with Crippen LogP contribution in [-0.2, 0) is 16.0 Å². The second kappa shape index (κ2) is 5.90. The Balaban J connectivity index is 2.84. The third kappa shape index (κ3) is 3.65. The predicted molar refractivity (Wildman–Crippen MR) is 63.6 cm³/mol. The summed E-state index contributed by atoms with van der Waals surface area (Å²) in [6.45, 7) is 1.25. The molecule has 18 heavy (non-hydrogen) atoms. The van der Waals surface area contributed by atoms with Gasteiger partial charge in [-0.05, 0) is 17.7 Å². The summed E-state index contributed by atoms with van der Waals surface area (Å²) in [5.74, 6) is -1.30. The van der Waals surface area contributed by atoms with Crippen LogP contribution in [0.15, 0.2) is 18.2 Å². The summed E-state index contributed by atoms with van der Waals surface area (Å²) in [4.78, 5) is 21.8. The summed E-state index contributed by atoms with van der Waals surface area (Å²) < 4.78 is 4.88. The number of phenolic OH excluding ortho intramolecular Hbond substituents is 1. The highest BCUT2D eigenvalue weighted by Gasteiger charge is 2.19. The Labute approximate surface area is 104 Å². The first kappa shape index (κ1) is 13.8. The molecule has 6 nitrogen and oxygen atoms in total. The molecular formula is C12H15NO5. The molecule has 0 saturated heterocycles. The molecule has 1 aromatic rings. The van der Waals surface area contributed by atoms with E-state index >= 15 is 0 Å². The monoisotopic (exact) mass is 253 g/mol. The van der Waals surface area contributed by atoms with E-state index in [1.54, 1.807) is 6.07 Å². The maximum Gasteiger partial charge on any atom is 0.326 e. The number of phenols is 1. The predicted octanol–water partition coefficient (Wildman–Crippen LogP) is 0.533. The highest BCUT2D eigenvalue weighted by atomic mass is 16.5. The molecule has 0 aromatic heterocycles. The van der Waals surface area contributed by atoms with Crippen LogP contribution in [0.25, 0.3) is 0 Å². The summed E-state index contributed by atoms with van der Waals surface area (Å²) >= 11 is 0. The molecule has 0 saturated carbocycles. The van der Waals surface area contributed by atoms with Crippen molar-refractivity contribution in [3.05, 3.63) is 23.8 Å². The smallest absolute Gasteiger partial charge is 0.326 e. The van der Waals surface area contributed by atoms with E-state index in [1.807, 2.05) is 0 Å². The molecular weight excluding hydrogens is 238 g/mol. The van der Waals surface area contributed by atoms with Gasteiger partial charge in [-0.15, -0.1) is 0 Å². The number of methoxy groups -OCH3 is 1. The lowest BCUT2D eigenvalue weighted by molar-refractivity contribution is -0.141. The van der Waals surface area contributed by atoms with Gasteiger partial charge >= 0.3 is 5.97 Å². The lowest BCUT2D eigenvalue weighted by Crippen LogP contribution is -2.41. The summed E-state index contributed by atoms with van der Waals surface area (Å²) in [7, 11) is 1.42. The van der Waals surface area contributed by atoms with Crippen LogP contribution in [0.5, 0.6) is 11.5 Å². The first-order valence-corrected chi connectivity index (χ1v) is 5.30. The number of amides is 1. The molecule has 6 heteroatoms. The minimum atomic E-state index is -1.12. The molecule has 0 spiro atoms. The maximum absolute atomic E-state index is 10.9. The number of carbonyl (C=O) groups excluding carboxylic acids is 1. The van der Waals surface area contributed by atoms with Crippen molar-refractivity contribution in [2.24, 2.45) is 0 Å². The van der Waals surface area contributed by atoms with Crippen molar-refractivity contribution in [3.63, 3.8) is 0 Å². The Morgan fingerprint density at radius 1 is 1.44 bits per heavy atom. The molecule has 98 valence electrons. The fourth-order valence-corrected chi connectivity index (χ4v) is 1.54. The average molecular weight is 253 g/mol. The number of hydrogen-bond acceptors (Lipinski definition) is 4. The number of ether oxygens (including phenoxy) is 1. The molecule has 0 aliphatic carbocycles. The second-order valence-electron chi connectivity index (χ2n) is 3.80. The molecule has 1 amide bonds. The van der Waals surface area contributed by atoms with Gasteiger partial charge in [0.1, 0.15) is 6.04 Å². The van der Waals surface area contributed by atoms with Gasteiger partial charge in [0, 0.05) is 13.3 Å². The Hall–Kier alpha value is -2.24. The van der Waals surface area contributed by atoms with E-state index in [0.29, 0.717) is 11.3 Å². The molecule has 0 heterocycles. The fourth-order valence-electron chi connectivity index (χ4n) is 1.54. The first-order chi connectivity index (χ1) is 8.43. The number of carboxylic acids is 1. The first-order valence-electron chi connectivity index (χ1n) is 5.30. The van der Waals surface area contributed by atoms with Gasteiger partial charge in [0.2, 0.25) is 5.91 Å². The van der Waals surface area contributed by atoms with E-state index in [1.165, 1.54) is 26.2 Å². The fraction of sp³-hybridized carbons (Fsp3) is 0.333. The van der Waals surface area contributed by atoms with E-state index < -0.39 is 17.9 Å². The quantitative estimate of drug-likeness (QED) is 0.711. The highest BCUT2D eigenvalue weighted by molar-refractivity contribution is 5.82. The molecule has 0 aliphatic rings. The van der Waals surface area contributed by atoms with Crippen molar-refractivity contribution >= 4 is 11.9 Å². The van der Waals surface area contributed by atoms with Crippen LogP contribution in [0, 0.1) is 0 Å². The van der Waals surface area contributed by atoms with Crippen LogP contribution in [0.4, 0.5) is 0 Å². The molecule has 1 rings (SSSR count). The topological polar surface area (TPSA) is 95.9 Å². The van der Waals surface area contributed by atoms with Gasteiger partial charge in [-0.1, -0.05) is 6.07 Å². The number of benzene rings is 1. The molecule has 0 radical (unpaired) electrons. The second-order valence-corrected chi connectivity index (χ2v) is 3.80. The number of carbonyl (C=O) groups is 2. The van der Waals surface area contributed by atoms with Crippen LogP contribution in [0.2, 0.25) is 0 Å². The van der Waals surface area contributed by atoms with Gasteiger partial charge in [0.25, 0.3) is 0 Å². The van der Waals surface area contributed by atoms with Crippen molar-refractivity contribution in [3.8, 4) is 11.5 Å². The summed E-state index contributed by atoms with van der Waals surface area (Å²) in [5.41, 5.74) is 0.592. The van der Waals surface area contributed by atoms with Gasteiger partial charge in [-0.2, -0.15) is 0 Å². The highest BCUT2D eigenvalue weighted by Crippen LogP contribution is 2.26. The Bertz CT molecular complexity index is 458. The third-order valence-electron chi connectivity index (χ3n) is 2.36. The molecule has 0 unspecified atom stereocenters. The third-order valence-corrected chi connectivity index (χ3v) is 2.36. The molecule has 1 atom stereocenters. The lowest BCUT2D eigenvalue weighted by atomic mass is 10.1. The van der Waals surface area contributed by atoms with Crippen LogP contribution < -0.4 is 10.1 Å². The number of aromatic hydroxyl groups is 1. The number of rotatable bonds is 5. The van der Waals surface area contributed by atoms with Crippen molar-refractivity contribution < 1.29 is 24.5 Å². The van der Waals surface area contributed by atoms with Gasteiger partial charge < -0.3 is 20.3 Å². The van der Waals surface area contributed by atoms with Gasteiger partial charge in [-0.3, -0.25) is 4.79 Å². The Morgan fingerprint density at radius 3 is 2.56 bits per heavy atom. The van der Waals surface area contributed by atoms with E-state index in [-0.39, 0.29) is 12.2 Å². The standard InChI is InChI=1S/C12H15NO5/c1-7(14)13-9(12(16)17)5-8-3-4-11(18-2)10(15)6-8/h3-4,6,9,15H,5H2,1-2H3,(H,13,14)(H,16,17)/t9-/m0/s1. The van der Waals surface area contributed by atoms with Gasteiger partial charge in [-0.25, -0.2) is 4.79 Å². The summed E-state index contributed by atoms with van der Waals surface area (Å²) in [5, 5.41) is 20.8. The van der Waals surface area contributed by atoms with E-state index in [9.17, 15) is 14.7 Å². The van der Waals surface area contributed by atoms with Crippen molar-refractivity contribution in [2.75, 3.05) is 7.11 Å². The Morgan fingerprint density at radius 2 is 2.11 bits per heavy atom. The number of hydrogen-bond donors (Lipinski definition) is 3. The van der Waals surface area contributed by atoms with Crippen LogP contribution in [0.3, 0.4) is 0 Å². The molecule has 1 aromatic carbocycles. The zero-order valence-corrected chi connectivity index (χ0v) is 10.1. The Kier molecular flexibility index (Phi) is 4.53. The van der Waals surface area contributed by atoms with Crippen LogP contribution >= 0.6 is 0 Å². The maximum atomic E-state index is 10.9. The van der Waals surface area contributed by atoms with E-state index in [4.69, 9.17) is 9.84 Å². The zero-order valence-electron chi connectivity index (χ0n) is 10.1. The summed E-state index contributed by atoms with van der Waals surface area (Å²) in [6.07, 6.45) is 0.0897. The molecule has 0 aliphatic heterocycles. The molecule has 3 N–H and O–H groups in total. The van der Waals surface area contributed by atoms with Gasteiger partial charge in [0.15, 0.2) is 11.5 Å². The number of aliphatic carboxylic acids is 1. The van der Waals surface area contributed by atoms with Crippen molar-refractivity contribution in [2.45, 2.75) is 19.4 Å². The van der Waals surface area contributed by atoms with E-state index in [0.717, 1.165) is 0 Å². The SMILES string of the molecule is COc1ccc(C[C@H](NC(C)=O)C(=O)O)cc1O. The summed E-state index contributed by atoms with van der Waals surface area (Å²) in [6, 6.07) is 3.57. The lowest BCUT2D eigenvalue weighted by Gasteiger charge is -2.13. The van der Waals surface area contributed by atoms with Gasteiger partial charge in [0.05, 0.1) is 7.11 Å². The normalized spacial score (nSPS) is 11.7. The average Bonchev–Trinajstić information content (AvgIpc) is 2.27. The zero-order chi connectivity index (χ0) is 13.7. The number of carboxylic acid groups (broad SMARTS) is 1. The largest absolute Gasteiger partial charge is 0.504 e. The van der Waals surface area contributed by atoms with Crippen molar-refractivity contribution in [1.82, 2.24) is 5.32 Å². The molecule has 0 bridgehead atoms. The van der Waals surface area contributed by atoms with Crippen LogP contribution in [-0.4, -0.2) is 35.2 Å². The van der Waals surface area contributed by atoms with Crippen molar-refractivity contribution in [1.29, 1.82) is 0 Å². The van der Waals surface area contributed by atoms with Crippen LogP contribution in [0.1, 0.15) is 12.5 Å². The minimum Gasteiger partial charge on any atom is -0.504 e. The van der Waals surface area contributed by atoms with E-state index in [2.05, 4.69) is 5.32 Å². The molecule has 0 fully saturated rings. The minimum absolute atomic E-state index is 0.0676. The number of nitrogens with one attached hydrogen (secondary N) is 1.